The highest BCUT2D eigenvalue weighted by atomic mass is 16.6. The first-order valence-electron chi connectivity index (χ1n) is 6.79. The first-order chi connectivity index (χ1) is 10.0. The molecule has 4 rings (SSSR count). The van der Waals surface area contributed by atoms with Gasteiger partial charge in [-0.05, 0) is 26.0 Å². The van der Waals surface area contributed by atoms with Gasteiger partial charge in [-0.2, -0.15) is 0 Å². The van der Waals surface area contributed by atoms with Gasteiger partial charge in [-0.15, -0.1) is 0 Å². The maximum atomic E-state index is 11.4. The second-order valence-corrected chi connectivity index (χ2v) is 5.73. The van der Waals surface area contributed by atoms with E-state index in [9.17, 15) is 4.79 Å². The van der Waals surface area contributed by atoms with Crippen molar-refractivity contribution < 1.29 is 23.8 Å². The number of ether oxygens (including phenoxy) is 2. The first kappa shape index (κ1) is 14.6. The summed E-state index contributed by atoms with van der Waals surface area (Å²) in [6.45, 7) is 4.50. The topological polar surface area (TPSA) is 96.6 Å². The zero-order valence-corrected chi connectivity index (χ0v) is 12.2. The number of furan rings is 1. The van der Waals surface area contributed by atoms with E-state index in [1.807, 2.05) is 19.9 Å². The van der Waals surface area contributed by atoms with E-state index in [0.29, 0.717) is 23.5 Å². The van der Waals surface area contributed by atoms with Gasteiger partial charge in [-0.1, -0.05) is 0 Å². The summed E-state index contributed by atoms with van der Waals surface area (Å²) in [6.07, 6.45) is 1.66. The molecule has 1 atom stereocenters. The van der Waals surface area contributed by atoms with Gasteiger partial charge >= 0.3 is 5.63 Å². The highest BCUT2D eigenvalue weighted by Crippen LogP contribution is 2.38. The van der Waals surface area contributed by atoms with Gasteiger partial charge in [0, 0.05) is 12.1 Å². The van der Waals surface area contributed by atoms with E-state index in [1.165, 1.54) is 6.07 Å². The Morgan fingerprint density at radius 3 is 2.64 bits per heavy atom. The van der Waals surface area contributed by atoms with Crippen LogP contribution in [0.2, 0.25) is 0 Å². The summed E-state index contributed by atoms with van der Waals surface area (Å²) in [5.41, 5.74) is 0.553. The van der Waals surface area contributed by atoms with E-state index in [-0.39, 0.29) is 17.2 Å². The van der Waals surface area contributed by atoms with Crippen LogP contribution in [0, 0.1) is 0 Å². The summed E-state index contributed by atoms with van der Waals surface area (Å²) in [5, 5.41) is 1.61. The van der Waals surface area contributed by atoms with Crippen molar-refractivity contribution in [2.75, 3.05) is 6.61 Å². The Labute approximate surface area is 125 Å². The Kier molecular flexibility index (Phi) is 3.23. The van der Waals surface area contributed by atoms with Crippen LogP contribution < -0.4 is 10.4 Å². The summed E-state index contributed by atoms with van der Waals surface area (Å²) in [5.74, 6) is 0.659. The lowest BCUT2D eigenvalue weighted by Gasteiger charge is -2.09. The first-order valence-corrected chi connectivity index (χ1v) is 6.79. The standard InChI is InChI=1S/C16H14O5.H2O/c1-16(2)13(21-16)8-19-15-9-3-4-14(17)20-12(9)7-11-10(15)5-6-18-11;/h3-7,13H,8H2,1-2H3;1H2. The molecule has 22 heavy (non-hydrogen) atoms. The van der Waals surface area contributed by atoms with Crippen molar-refractivity contribution in [2.45, 2.75) is 25.6 Å². The predicted molar refractivity (Wildman–Crippen MR) is 80.3 cm³/mol. The molecule has 116 valence electrons. The van der Waals surface area contributed by atoms with Crippen molar-refractivity contribution in [3.8, 4) is 5.75 Å². The number of epoxide rings is 1. The van der Waals surface area contributed by atoms with Crippen LogP contribution in [-0.2, 0) is 4.74 Å². The van der Waals surface area contributed by atoms with E-state index in [4.69, 9.17) is 18.3 Å². The second kappa shape index (κ2) is 4.86. The van der Waals surface area contributed by atoms with E-state index in [2.05, 4.69) is 0 Å². The Bertz CT molecular complexity index is 888. The smallest absolute Gasteiger partial charge is 0.336 e. The van der Waals surface area contributed by atoms with E-state index in [0.717, 1.165) is 10.8 Å². The average molecular weight is 304 g/mol. The Balaban J connectivity index is 0.00000144. The molecule has 1 saturated heterocycles. The lowest BCUT2D eigenvalue weighted by atomic mass is 10.1. The fourth-order valence-corrected chi connectivity index (χ4v) is 2.49. The molecule has 2 N–H and O–H groups in total. The molecule has 3 aromatic rings. The van der Waals surface area contributed by atoms with Crippen LogP contribution in [0.25, 0.3) is 21.9 Å². The summed E-state index contributed by atoms with van der Waals surface area (Å²) in [7, 11) is 0. The molecule has 0 spiro atoms. The molecule has 1 fully saturated rings. The van der Waals surface area contributed by atoms with Crippen molar-refractivity contribution in [1.29, 1.82) is 0 Å². The van der Waals surface area contributed by atoms with Gasteiger partial charge in [0.25, 0.3) is 0 Å². The third kappa shape index (κ3) is 2.26. The van der Waals surface area contributed by atoms with Crippen LogP contribution in [0.15, 0.2) is 44.2 Å². The van der Waals surface area contributed by atoms with Crippen LogP contribution in [-0.4, -0.2) is 23.8 Å². The lowest BCUT2D eigenvalue weighted by Crippen LogP contribution is -2.12. The minimum absolute atomic E-state index is 0. The van der Waals surface area contributed by atoms with Crippen molar-refractivity contribution in [3.63, 3.8) is 0 Å². The third-order valence-electron chi connectivity index (χ3n) is 3.85. The second-order valence-electron chi connectivity index (χ2n) is 5.73. The number of benzene rings is 1. The monoisotopic (exact) mass is 304 g/mol. The molecule has 1 aromatic carbocycles. The van der Waals surface area contributed by atoms with E-state index in [1.54, 1.807) is 18.4 Å². The quantitative estimate of drug-likeness (QED) is 0.546. The number of hydrogen-bond acceptors (Lipinski definition) is 5. The summed E-state index contributed by atoms with van der Waals surface area (Å²) < 4.78 is 22.1. The molecule has 0 radical (unpaired) electrons. The van der Waals surface area contributed by atoms with Gasteiger partial charge < -0.3 is 23.8 Å². The minimum Gasteiger partial charge on any atom is -0.489 e. The fraction of sp³-hybridized carbons (Fsp3) is 0.312. The maximum Gasteiger partial charge on any atom is 0.336 e. The van der Waals surface area contributed by atoms with Crippen molar-refractivity contribution >= 4 is 21.9 Å². The largest absolute Gasteiger partial charge is 0.489 e. The lowest BCUT2D eigenvalue weighted by molar-refractivity contribution is 0.258. The van der Waals surface area contributed by atoms with Crippen LogP contribution in [0.3, 0.4) is 0 Å². The molecule has 1 aliphatic heterocycles. The van der Waals surface area contributed by atoms with Gasteiger partial charge in [-0.25, -0.2) is 4.79 Å². The molecular formula is C16H16O6. The highest BCUT2D eigenvalue weighted by Gasteiger charge is 2.48. The Morgan fingerprint density at radius 2 is 1.91 bits per heavy atom. The van der Waals surface area contributed by atoms with Crippen LogP contribution in [0.1, 0.15) is 13.8 Å². The van der Waals surface area contributed by atoms with E-state index >= 15 is 0 Å². The number of fused-ring (bicyclic) bond motifs is 2. The molecule has 0 saturated carbocycles. The van der Waals surface area contributed by atoms with Crippen LogP contribution in [0.4, 0.5) is 0 Å². The normalized spacial score (nSPS) is 19.1. The molecule has 0 amide bonds. The van der Waals surface area contributed by atoms with Crippen LogP contribution in [0.5, 0.6) is 5.75 Å². The third-order valence-corrected chi connectivity index (χ3v) is 3.85. The molecule has 0 bridgehead atoms. The molecule has 3 heterocycles. The molecule has 0 aliphatic carbocycles. The fourth-order valence-electron chi connectivity index (χ4n) is 2.49. The number of hydrogen-bond donors (Lipinski definition) is 0. The summed E-state index contributed by atoms with van der Waals surface area (Å²) in [4.78, 5) is 11.4. The zero-order chi connectivity index (χ0) is 14.6. The molecule has 1 unspecified atom stereocenters. The Morgan fingerprint density at radius 1 is 1.18 bits per heavy atom. The van der Waals surface area contributed by atoms with Crippen molar-refractivity contribution in [2.24, 2.45) is 0 Å². The molecule has 6 nitrogen and oxygen atoms in total. The zero-order valence-electron chi connectivity index (χ0n) is 12.2. The SMILES string of the molecule is CC1(C)OC1COc1c2ccoc2cc2oc(=O)ccc12.O. The molecule has 6 heteroatoms. The molecular weight excluding hydrogens is 288 g/mol. The Hall–Kier alpha value is -2.31. The van der Waals surface area contributed by atoms with E-state index < -0.39 is 5.63 Å². The predicted octanol–water partition coefficient (Wildman–Crippen LogP) is 2.27. The van der Waals surface area contributed by atoms with Gasteiger partial charge in [0.2, 0.25) is 0 Å². The van der Waals surface area contributed by atoms with Crippen molar-refractivity contribution in [3.05, 3.63) is 40.9 Å². The van der Waals surface area contributed by atoms with Crippen molar-refractivity contribution in [1.82, 2.24) is 0 Å². The highest BCUT2D eigenvalue weighted by molar-refractivity contribution is 6.01. The van der Waals surface area contributed by atoms with Gasteiger partial charge in [0.1, 0.15) is 29.6 Å². The molecule has 1 aliphatic rings. The van der Waals surface area contributed by atoms with Gasteiger partial charge in [0.15, 0.2) is 0 Å². The minimum atomic E-state index is -0.397. The van der Waals surface area contributed by atoms with Gasteiger partial charge in [-0.3, -0.25) is 0 Å². The molecule has 2 aromatic heterocycles. The van der Waals surface area contributed by atoms with Crippen LogP contribution >= 0.6 is 0 Å². The maximum absolute atomic E-state index is 11.4. The summed E-state index contributed by atoms with van der Waals surface area (Å²) >= 11 is 0. The summed E-state index contributed by atoms with van der Waals surface area (Å²) in [6, 6.07) is 6.64. The van der Waals surface area contributed by atoms with Gasteiger partial charge in [0.05, 0.1) is 22.6 Å². The average Bonchev–Trinajstić information content (AvgIpc) is 2.84. The number of rotatable bonds is 3.